The number of sulfonamides is 1. The van der Waals surface area contributed by atoms with E-state index in [0.717, 1.165) is 17.7 Å². The molecule has 1 fully saturated rings. The van der Waals surface area contributed by atoms with Gasteiger partial charge in [-0.3, -0.25) is 4.79 Å². The van der Waals surface area contributed by atoms with Gasteiger partial charge in [0.15, 0.2) is 0 Å². The molecule has 0 N–H and O–H groups in total. The summed E-state index contributed by atoms with van der Waals surface area (Å²) in [7, 11) is -1.58. The third-order valence-corrected chi connectivity index (χ3v) is 7.14. The largest absolute Gasteiger partial charge is 0.345 e. The molecule has 0 radical (unpaired) electrons. The highest BCUT2D eigenvalue weighted by Crippen LogP contribution is 2.27. The van der Waals surface area contributed by atoms with Crippen LogP contribution in [0.1, 0.15) is 31.6 Å². The molecule has 1 aromatic heterocycles. The van der Waals surface area contributed by atoms with Crippen LogP contribution in [0.25, 0.3) is 0 Å². The quantitative estimate of drug-likeness (QED) is 0.795. The first-order valence-corrected chi connectivity index (χ1v) is 9.89. The van der Waals surface area contributed by atoms with Gasteiger partial charge in [0.2, 0.25) is 5.91 Å². The van der Waals surface area contributed by atoms with Gasteiger partial charge in [-0.1, -0.05) is 13.8 Å². The lowest BCUT2D eigenvalue weighted by molar-refractivity contribution is -0.129. The van der Waals surface area contributed by atoms with Crippen molar-refractivity contribution in [1.29, 1.82) is 0 Å². The Hall–Kier alpha value is -0.920. The Morgan fingerprint density at radius 1 is 1.32 bits per heavy atom. The Balaban J connectivity index is 2.04. The van der Waals surface area contributed by atoms with E-state index in [1.165, 1.54) is 15.6 Å². The Kier molecular flexibility index (Phi) is 5.63. The molecule has 0 saturated carbocycles. The van der Waals surface area contributed by atoms with Crippen LogP contribution in [-0.4, -0.2) is 50.2 Å². The minimum absolute atomic E-state index is 0.0284. The van der Waals surface area contributed by atoms with Gasteiger partial charge in [0.05, 0.1) is 6.42 Å². The van der Waals surface area contributed by atoms with Gasteiger partial charge in [0, 0.05) is 31.6 Å². The van der Waals surface area contributed by atoms with Gasteiger partial charge in [-0.15, -0.1) is 11.3 Å². The lowest BCUT2D eigenvalue weighted by Gasteiger charge is -2.18. The maximum Gasteiger partial charge on any atom is 0.252 e. The number of amides is 1. The summed E-state index contributed by atoms with van der Waals surface area (Å²) in [5.41, 5.74) is 0. The highest BCUT2D eigenvalue weighted by atomic mass is 32.2. The number of hydrogen-bond donors (Lipinski definition) is 0. The first-order valence-electron chi connectivity index (χ1n) is 7.63. The second-order valence-corrected chi connectivity index (χ2v) is 9.51. The van der Waals surface area contributed by atoms with Crippen molar-refractivity contribution in [3.05, 3.63) is 17.0 Å². The zero-order valence-electron chi connectivity index (χ0n) is 13.4. The number of carbonyl (C=O) groups is 1. The second kappa shape index (κ2) is 7.10. The summed E-state index contributed by atoms with van der Waals surface area (Å²) in [4.78, 5) is 14.6. The molecule has 0 spiro atoms. The monoisotopic (exact) mass is 344 g/mol. The molecule has 0 aliphatic carbocycles. The van der Waals surface area contributed by atoms with Crippen LogP contribution in [-0.2, 0) is 21.2 Å². The van der Waals surface area contributed by atoms with Gasteiger partial charge < -0.3 is 4.90 Å². The fraction of sp³-hybridized carbons (Fsp3) is 0.667. The van der Waals surface area contributed by atoms with Crippen LogP contribution in [0, 0.1) is 5.92 Å². The lowest BCUT2D eigenvalue weighted by Crippen LogP contribution is -2.31. The molecule has 7 heteroatoms. The molecule has 2 heterocycles. The third kappa shape index (κ3) is 4.08. The highest BCUT2D eigenvalue weighted by Gasteiger charge is 2.28. The molecule has 124 valence electrons. The summed E-state index contributed by atoms with van der Waals surface area (Å²) >= 11 is 1.21. The van der Waals surface area contributed by atoms with Crippen LogP contribution in [0.5, 0.6) is 0 Å². The molecule has 0 bridgehead atoms. The topological polar surface area (TPSA) is 57.7 Å². The first kappa shape index (κ1) is 17.4. The fourth-order valence-corrected chi connectivity index (χ4v) is 5.60. The molecule has 1 saturated heterocycles. The van der Waals surface area contributed by atoms with Crippen molar-refractivity contribution in [2.45, 2.75) is 37.3 Å². The molecular weight excluding hydrogens is 320 g/mol. The summed E-state index contributed by atoms with van der Waals surface area (Å²) in [5.74, 6) is 0.448. The van der Waals surface area contributed by atoms with Crippen molar-refractivity contribution in [1.82, 2.24) is 9.21 Å². The van der Waals surface area contributed by atoms with E-state index < -0.39 is 10.0 Å². The van der Waals surface area contributed by atoms with E-state index in [1.54, 1.807) is 24.1 Å². The zero-order valence-corrected chi connectivity index (χ0v) is 15.0. The Bertz CT molecular complexity index is 616. The second-order valence-electron chi connectivity index (χ2n) is 6.18. The molecule has 1 aromatic rings. The van der Waals surface area contributed by atoms with Crippen molar-refractivity contribution in [3.63, 3.8) is 0 Å². The van der Waals surface area contributed by atoms with E-state index in [2.05, 4.69) is 13.8 Å². The number of thiophene rings is 1. The average molecular weight is 345 g/mol. The van der Waals surface area contributed by atoms with Crippen molar-refractivity contribution in [2.75, 3.05) is 26.7 Å². The summed E-state index contributed by atoms with van der Waals surface area (Å²) in [6.45, 7) is 6.05. The van der Waals surface area contributed by atoms with Gasteiger partial charge in [0.25, 0.3) is 10.0 Å². The van der Waals surface area contributed by atoms with Crippen molar-refractivity contribution < 1.29 is 13.2 Å². The number of carbonyl (C=O) groups excluding carboxylic acids is 1. The molecule has 0 aromatic carbocycles. The standard InChI is InChI=1S/C15H24N2O3S2/c1-12(2)11-16(3)14(18)10-13-6-7-15(21-13)22(19,20)17-8-4-5-9-17/h6-7,12H,4-5,8-11H2,1-3H3. The van der Waals surface area contributed by atoms with Crippen molar-refractivity contribution >= 4 is 27.3 Å². The van der Waals surface area contributed by atoms with Crippen LogP contribution in [0.15, 0.2) is 16.3 Å². The number of nitrogens with zero attached hydrogens (tertiary/aromatic N) is 2. The van der Waals surface area contributed by atoms with Crippen LogP contribution in [0.2, 0.25) is 0 Å². The maximum atomic E-state index is 12.5. The highest BCUT2D eigenvalue weighted by molar-refractivity contribution is 7.91. The predicted octanol–water partition coefficient (Wildman–Crippen LogP) is 2.19. The normalized spacial score (nSPS) is 16.4. The first-order chi connectivity index (χ1) is 10.3. The van der Waals surface area contributed by atoms with Crippen LogP contribution in [0.3, 0.4) is 0 Å². The molecule has 1 aliphatic rings. The Labute approximate surface area is 137 Å². The number of likely N-dealkylation sites (N-methyl/N-ethyl adjacent to an activating group) is 1. The van der Waals surface area contributed by atoms with Crippen LogP contribution < -0.4 is 0 Å². The van der Waals surface area contributed by atoms with E-state index in [4.69, 9.17) is 0 Å². The predicted molar refractivity (Wildman–Crippen MR) is 88.5 cm³/mol. The zero-order chi connectivity index (χ0) is 16.3. The lowest BCUT2D eigenvalue weighted by atomic mass is 10.2. The number of hydrogen-bond acceptors (Lipinski definition) is 4. The van der Waals surface area contributed by atoms with E-state index >= 15 is 0 Å². The molecule has 2 rings (SSSR count). The van der Waals surface area contributed by atoms with Crippen molar-refractivity contribution in [2.24, 2.45) is 5.92 Å². The Morgan fingerprint density at radius 2 is 1.95 bits per heavy atom. The summed E-state index contributed by atoms with van der Waals surface area (Å²) < 4.78 is 26.8. The fourth-order valence-electron chi connectivity index (χ4n) is 2.58. The van der Waals surface area contributed by atoms with Gasteiger partial charge in [-0.05, 0) is 30.9 Å². The van der Waals surface area contributed by atoms with E-state index in [1.807, 2.05) is 0 Å². The number of rotatable bonds is 6. The van der Waals surface area contributed by atoms with E-state index in [9.17, 15) is 13.2 Å². The molecule has 0 atom stereocenters. The summed E-state index contributed by atoms with van der Waals surface area (Å²) in [6.07, 6.45) is 2.12. The third-order valence-electron chi connectivity index (χ3n) is 3.69. The van der Waals surface area contributed by atoms with Gasteiger partial charge >= 0.3 is 0 Å². The minimum atomic E-state index is -3.37. The molecular formula is C15H24N2O3S2. The van der Waals surface area contributed by atoms with Crippen LogP contribution >= 0.6 is 11.3 Å². The van der Waals surface area contributed by atoms with Crippen LogP contribution in [0.4, 0.5) is 0 Å². The van der Waals surface area contributed by atoms with Gasteiger partial charge in [0.1, 0.15) is 4.21 Å². The summed E-state index contributed by atoms with van der Waals surface area (Å²) in [6, 6.07) is 3.39. The maximum absolute atomic E-state index is 12.5. The molecule has 22 heavy (non-hydrogen) atoms. The van der Waals surface area contributed by atoms with Gasteiger partial charge in [-0.2, -0.15) is 4.31 Å². The average Bonchev–Trinajstić information content (AvgIpc) is 3.09. The minimum Gasteiger partial charge on any atom is -0.345 e. The van der Waals surface area contributed by atoms with Crippen molar-refractivity contribution in [3.8, 4) is 0 Å². The summed E-state index contributed by atoms with van der Waals surface area (Å²) in [5, 5.41) is 0. The molecule has 1 aliphatic heterocycles. The SMILES string of the molecule is CC(C)CN(C)C(=O)Cc1ccc(S(=O)(=O)N2CCCC2)s1. The Morgan fingerprint density at radius 3 is 2.55 bits per heavy atom. The smallest absolute Gasteiger partial charge is 0.252 e. The van der Waals surface area contributed by atoms with E-state index in [0.29, 0.717) is 29.8 Å². The molecule has 0 unspecified atom stereocenters. The van der Waals surface area contributed by atoms with Gasteiger partial charge in [-0.25, -0.2) is 8.42 Å². The van der Waals surface area contributed by atoms with E-state index in [-0.39, 0.29) is 12.3 Å². The molecule has 5 nitrogen and oxygen atoms in total. The molecule has 1 amide bonds.